The van der Waals surface area contributed by atoms with Gasteiger partial charge in [0.25, 0.3) is 11.8 Å². The van der Waals surface area contributed by atoms with Crippen LogP contribution in [0.2, 0.25) is 0 Å². The number of halogens is 1. The highest BCUT2D eigenvalue weighted by Crippen LogP contribution is 2.27. The third-order valence-electron chi connectivity index (χ3n) is 6.11. The monoisotopic (exact) mass is 499 g/mol. The van der Waals surface area contributed by atoms with Crippen molar-refractivity contribution in [3.8, 4) is 11.5 Å². The molecule has 1 aliphatic rings. The molecule has 1 fully saturated rings. The highest BCUT2D eigenvalue weighted by Gasteiger charge is 2.26. The van der Waals surface area contributed by atoms with E-state index in [-0.39, 0.29) is 24.6 Å². The molecule has 2 aromatic rings. The summed E-state index contributed by atoms with van der Waals surface area (Å²) in [5.41, 5.74) is 1.06. The Morgan fingerprint density at radius 1 is 1.14 bits per heavy atom. The largest absolute Gasteiger partial charge is 0.496 e. The van der Waals surface area contributed by atoms with Gasteiger partial charge in [-0.25, -0.2) is 9.18 Å². The van der Waals surface area contributed by atoms with E-state index in [0.29, 0.717) is 48.2 Å². The molecule has 0 unspecified atom stereocenters. The Morgan fingerprint density at radius 3 is 2.47 bits per heavy atom. The van der Waals surface area contributed by atoms with E-state index in [2.05, 4.69) is 0 Å². The number of rotatable bonds is 9. The molecule has 1 aliphatic heterocycles. The first kappa shape index (κ1) is 26.7. The van der Waals surface area contributed by atoms with E-state index < -0.39 is 11.9 Å². The molecular weight excluding hydrogens is 469 g/mol. The highest BCUT2D eigenvalue weighted by molar-refractivity contribution is 6.27. The van der Waals surface area contributed by atoms with Gasteiger partial charge >= 0.3 is 6.03 Å². The number of hydrogen-bond donors (Lipinski definition) is 1. The fourth-order valence-corrected chi connectivity index (χ4v) is 4.07. The zero-order valence-electron chi connectivity index (χ0n) is 20.4. The molecule has 0 aromatic heterocycles. The van der Waals surface area contributed by atoms with Crippen molar-refractivity contribution in [2.45, 2.75) is 25.8 Å². The minimum Gasteiger partial charge on any atom is -0.496 e. The number of carbonyl (C=O) groups is 4. The summed E-state index contributed by atoms with van der Waals surface area (Å²) in [6.07, 6.45) is 2.55. The fraction of sp³-hybridized carbons (Fsp3) is 0.385. The van der Waals surface area contributed by atoms with Crippen LogP contribution in [0.4, 0.5) is 9.18 Å². The second-order valence-electron chi connectivity index (χ2n) is 8.63. The number of benzene rings is 2. The smallest absolute Gasteiger partial charge is 0.324 e. The molecule has 192 valence electrons. The predicted molar refractivity (Wildman–Crippen MR) is 129 cm³/mol. The van der Waals surface area contributed by atoms with Crippen LogP contribution in [-0.2, 0) is 16.1 Å². The van der Waals surface area contributed by atoms with Crippen LogP contribution in [0.15, 0.2) is 42.5 Å². The maximum atomic E-state index is 13.3. The Morgan fingerprint density at radius 2 is 1.83 bits per heavy atom. The highest BCUT2D eigenvalue weighted by atomic mass is 19.1. The second-order valence-corrected chi connectivity index (χ2v) is 8.63. The Kier molecular flexibility index (Phi) is 9.38. The van der Waals surface area contributed by atoms with Crippen molar-refractivity contribution in [1.29, 1.82) is 0 Å². The number of piperidine rings is 1. The molecule has 0 radical (unpaired) electrons. The summed E-state index contributed by atoms with van der Waals surface area (Å²) in [6.45, 7) is 1.85. The summed E-state index contributed by atoms with van der Waals surface area (Å²) in [5.74, 6) is 0.00574. The lowest BCUT2D eigenvalue weighted by Gasteiger charge is -2.32. The molecule has 3 rings (SSSR count). The number of nitrogens with one attached hydrogen (secondary N) is 1. The minimum absolute atomic E-state index is 0.0254. The number of amides is 4. The molecule has 1 saturated heterocycles. The molecule has 9 nitrogen and oxygen atoms in total. The number of hydrogen-bond acceptors (Lipinski definition) is 6. The molecule has 1 N–H and O–H groups in total. The van der Waals surface area contributed by atoms with Gasteiger partial charge in [-0.15, -0.1) is 0 Å². The molecular formula is C26H30FN3O6. The summed E-state index contributed by atoms with van der Waals surface area (Å²) >= 11 is 0. The minimum atomic E-state index is -1.03. The summed E-state index contributed by atoms with van der Waals surface area (Å²) in [5, 5.41) is 1.95. The Balaban J connectivity index is 1.54. The van der Waals surface area contributed by atoms with Crippen LogP contribution < -0.4 is 14.8 Å². The zero-order valence-corrected chi connectivity index (χ0v) is 20.4. The maximum absolute atomic E-state index is 13.3. The van der Waals surface area contributed by atoms with Gasteiger partial charge in [-0.05, 0) is 67.1 Å². The Bertz CT molecular complexity index is 1080. The lowest BCUT2D eigenvalue weighted by Crippen LogP contribution is -2.41. The van der Waals surface area contributed by atoms with Crippen molar-refractivity contribution in [2.24, 2.45) is 5.92 Å². The number of ether oxygens (including phenoxy) is 2. The van der Waals surface area contributed by atoms with E-state index in [1.54, 1.807) is 35.2 Å². The van der Waals surface area contributed by atoms with Gasteiger partial charge in [-0.3, -0.25) is 19.7 Å². The summed E-state index contributed by atoms with van der Waals surface area (Å²) in [7, 11) is 2.97. The topological polar surface area (TPSA) is 105 Å². The van der Waals surface area contributed by atoms with Crippen LogP contribution in [0.5, 0.6) is 11.5 Å². The summed E-state index contributed by atoms with van der Waals surface area (Å²) in [4.78, 5) is 49.9. The maximum Gasteiger partial charge on any atom is 0.324 e. The van der Waals surface area contributed by atoms with E-state index in [1.807, 2.05) is 5.32 Å². The number of urea groups is 1. The molecule has 2 aromatic carbocycles. The predicted octanol–water partition coefficient (Wildman–Crippen LogP) is 3.02. The summed E-state index contributed by atoms with van der Waals surface area (Å²) in [6, 6.07) is 10.3. The standard InChI is InChI=1S/C26H30FN3O6/c1-29(26(34)28-24(32)17-31)16-19-3-8-23(35-2)22(15-19)25(33)30-12-9-18(10-13-30)11-14-36-21-6-4-20(27)5-7-21/h3-8,15,17-18H,9-14,16H2,1-2H3,(H,28,32,34). The Hall–Kier alpha value is -3.95. The number of nitrogens with zero attached hydrogens (tertiary/aromatic N) is 2. The van der Waals surface area contributed by atoms with Crippen LogP contribution in [0, 0.1) is 11.7 Å². The van der Waals surface area contributed by atoms with Gasteiger partial charge < -0.3 is 19.3 Å². The number of aldehydes is 1. The lowest BCUT2D eigenvalue weighted by atomic mass is 9.93. The average Bonchev–Trinajstić information content (AvgIpc) is 2.89. The molecule has 0 saturated carbocycles. The van der Waals surface area contributed by atoms with E-state index in [9.17, 15) is 23.6 Å². The van der Waals surface area contributed by atoms with Crippen molar-refractivity contribution >= 4 is 24.1 Å². The molecule has 4 amide bonds. The van der Waals surface area contributed by atoms with Crippen LogP contribution in [0.3, 0.4) is 0 Å². The number of carbonyl (C=O) groups excluding carboxylic acids is 4. The van der Waals surface area contributed by atoms with E-state index >= 15 is 0 Å². The van der Waals surface area contributed by atoms with Crippen molar-refractivity contribution in [2.75, 3.05) is 33.9 Å². The molecule has 10 heteroatoms. The third kappa shape index (κ3) is 7.27. The van der Waals surface area contributed by atoms with Crippen molar-refractivity contribution in [3.05, 3.63) is 59.4 Å². The second kappa shape index (κ2) is 12.7. The zero-order chi connectivity index (χ0) is 26.1. The van der Waals surface area contributed by atoms with Crippen molar-refractivity contribution < 1.29 is 33.0 Å². The van der Waals surface area contributed by atoms with Gasteiger partial charge in [-0.1, -0.05) is 6.07 Å². The molecule has 36 heavy (non-hydrogen) atoms. The van der Waals surface area contributed by atoms with Crippen LogP contribution in [-0.4, -0.2) is 67.8 Å². The van der Waals surface area contributed by atoms with E-state index in [4.69, 9.17) is 9.47 Å². The molecule has 0 spiro atoms. The molecule has 1 heterocycles. The number of likely N-dealkylation sites (tertiary alicyclic amines) is 1. The fourth-order valence-electron chi connectivity index (χ4n) is 4.07. The van der Waals surface area contributed by atoms with Gasteiger partial charge in [0.1, 0.15) is 17.3 Å². The van der Waals surface area contributed by atoms with Gasteiger partial charge in [0.2, 0.25) is 6.29 Å². The summed E-state index contributed by atoms with van der Waals surface area (Å²) < 4.78 is 24.1. The van der Waals surface area contributed by atoms with Gasteiger partial charge in [-0.2, -0.15) is 0 Å². The van der Waals surface area contributed by atoms with E-state index in [1.165, 1.54) is 31.2 Å². The first-order valence-corrected chi connectivity index (χ1v) is 11.7. The average molecular weight is 500 g/mol. The van der Waals surface area contributed by atoms with Gasteiger partial charge in [0.15, 0.2) is 0 Å². The third-order valence-corrected chi connectivity index (χ3v) is 6.11. The number of methoxy groups -OCH3 is 1. The van der Waals surface area contributed by atoms with Crippen LogP contribution in [0.25, 0.3) is 0 Å². The van der Waals surface area contributed by atoms with Crippen LogP contribution >= 0.6 is 0 Å². The van der Waals surface area contributed by atoms with Crippen molar-refractivity contribution in [3.63, 3.8) is 0 Å². The molecule has 0 bridgehead atoms. The SMILES string of the molecule is COc1ccc(CN(C)C(=O)NC(=O)C=O)cc1C(=O)N1CCC(CCOc2ccc(F)cc2)CC1. The van der Waals surface area contributed by atoms with Gasteiger partial charge in [0.05, 0.1) is 19.3 Å². The van der Waals surface area contributed by atoms with Crippen molar-refractivity contribution in [1.82, 2.24) is 15.1 Å². The first-order chi connectivity index (χ1) is 17.3. The molecule has 0 atom stereocenters. The van der Waals surface area contributed by atoms with Crippen LogP contribution in [0.1, 0.15) is 35.2 Å². The van der Waals surface area contributed by atoms with Gasteiger partial charge in [0, 0.05) is 26.7 Å². The first-order valence-electron chi connectivity index (χ1n) is 11.7. The quantitative estimate of drug-likeness (QED) is 0.420. The lowest BCUT2D eigenvalue weighted by molar-refractivity contribution is -0.130. The Labute approximate surface area is 209 Å². The normalized spacial score (nSPS) is 13.6. The van der Waals surface area contributed by atoms with E-state index in [0.717, 1.165) is 19.3 Å². The molecule has 0 aliphatic carbocycles. The number of imide groups is 1.